The second kappa shape index (κ2) is 9.67. The molecule has 10 heteroatoms. The number of halogens is 1. The number of pyridine rings is 1. The summed E-state index contributed by atoms with van der Waals surface area (Å²) < 4.78 is 7.22. The maximum atomic E-state index is 13.0. The summed E-state index contributed by atoms with van der Waals surface area (Å²) in [5.74, 6) is 0.370. The van der Waals surface area contributed by atoms with Gasteiger partial charge in [-0.15, -0.1) is 0 Å². The van der Waals surface area contributed by atoms with Gasteiger partial charge in [0.25, 0.3) is 5.91 Å². The highest BCUT2D eigenvalue weighted by Gasteiger charge is 2.51. The van der Waals surface area contributed by atoms with Crippen molar-refractivity contribution in [2.45, 2.75) is 38.8 Å². The van der Waals surface area contributed by atoms with Crippen LogP contribution in [0.5, 0.6) is 0 Å². The molecule has 1 aliphatic carbocycles. The van der Waals surface area contributed by atoms with Gasteiger partial charge in [0.05, 0.1) is 16.1 Å². The lowest BCUT2D eigenvalue weighted by Gasteiger charge is -2.18. The predicted octanol–water partition coefficient (Wildman–Crippen LogP) is 4.92. The van der Waals surface area contributed by atoms with E-state index < -0.39 is 5.54 Å². The lowest BCUT2D eigenvalue weighted by Crippen LogP contribution is -2.48. The van der Waals surface area contributed by atoms with Crippen molar-refractivity contribution in [2.75, 3.05) is 0 Å². The summed E-state index contributed by atoms with van der Waals surface area (Å²) in [6, 6.07) is 19.1. The van der Waals surface area contributed by atoms with Crippen LogP contribution in [0.4, 0.5) is 0 Å². The molecule has 2 amide bonds. The van der Waals surface area contributed by atoms with Gasteiger partial charge in [0.1, 0.15) is 11.2 Å². The molecular weight excluding hydrogens is 516 g/mol. The number of para-hydroxylation sites is 1. The molecule has 2 N–H and O–H groups in total. The van der Waals surface area contributed by atoms with Gasteiger partial charge >= 0.3 is 0 Å². The van der Waals surface area contributed by atoms with Crippen molar-refractivity contribution in [2.24, 2.45) is 0 Å². The first kappa shape index (κ1) is 24.8. The van der Waals surface area contributed by atoms with Crippen molar-refractivity contribution in [3.63, 3.8) is 0 Å². The summed E-state index contributed by atoms with van der Waals surface area (Å²) >= 11 is 6.78. The van der Waals surface area contributed by atoms with E-state index in [1.165, 1.54) is 0 Å². The van der Waals surface area contributed by atoms with E-state index in [2.05, 4.69) is 25.8 Å². The number of fused-ring (bicyclic) bond motifs is 1. The SMILES string of the molecule is Cc1nc(-c2c(Cl)c3ccccc3n2-c2ccc(CNC(=O)C3(NC(=O)c4cccnc4C)CC3)cc2)no1. The third kappa shape index (κ3) is 4.55. The number of nitrogens with one attached hydrogen (secondary N) is 2. The van der Waals surface area contributed by atoms with Crippen molar-refractivity contribution in [1.82, 2.24) is 30.3 Å². The number of nitrogens with zero attached hydrogens (tertiary/aromatic N) is 4. The minimum Gasteiger partial charge on any atom is -0.350 e. The predicted molar refractivity (Wildman–Crippen MR) is 147 cm³/mol. The Morgan fingerprint density at radius 3 is 2.51 bits per heavy atom. The molecule has 3 aromatic heterocycles. The first-order valence-corrected chi connectivity index (χ1v) is 13.0. The van der Waals surface area contributed by atoms with Crippen LogP contribution in [0.2, 0.25) is 5.02 Å². The molecule has 1 saturated carbocycles. The minimum absolute atomic E-state index is 0.195. The third-order valence-electron chi connectivity index (χ3n) is 6.99. The fourth-order valence-corrected chi connectivity index (χ4v) is 5.05. The maximum absolute atomic E-state index is 13.0. The van der Waals surface area contributed by atoms with Gasteiger partial charge in [0, 0.05) is 36.4 Å². The number of carbonyl (C=O) groups excluding carboxylic acids is 2. The second-order valence-electron chi connectivity index (χ2n) is 9.67. The van der Waals surface area contributed by atoms with Crippen LogP contribution in [-0.4, -0.2) is 37.0 Å². The Hall–Kier alpha value is -4.50. The molecule has 5 aromatic rings. The van der Waals surface area contributed by atoms with Crippen LogP contribution in [0.3, 0.4) is 0 Å². The average molecular weight is 541 g/mol. The Bertz CT molecular complexity index is 1720. The molecule has 0 unspecified atom stereocenters. The van der Waals surface area contributed by atoms with Crippen LogP contribution in [0.25, 0.3) is 28.1 Å². The first-order chi connectivity index (χ1) is 18.9. The Kier molecular flexibility index (Phi) is 6.15. The van der Waals surface area contributed by atoms with Crippen LogP contribution in [0, 0.1) is 13.8 Å². The molecule has 0 bridgehead atoms. The lowest BCUT2D eigenvalue weighted by atomic mass is 10.1. The molecule has 0 saturated heterocycles. The molecule has 39 heavy (non-hydrogen) atoms. The average Bonchev–Trinajstić information content (AvgIpc) is 3.51. The topological polar surface area (TPSA) is 115 Å². The Morgan fingerprint density at radius 2 is 1.82 bits per heavy atom. The zero-order valence-corrected chi connectivity index (χ0v) is 22.1. The number of hydrogen-bond donors (Lipinski definition) is 2. The molecule has 0 atom stereocenters. The van der Waals surface area contributed by atoms with Gasteiger partial charge in [-0.1, -0.05) is 47.1 Å². The molecule has 6 rings (SSSR count). The van der Waals surface area contributed by atoms with Gasteiger partial charge in [0.2, 0.25) is 17.6 Å². The quantitative estimate of drug-likeness (QED) is 0.303. The Labute approximate surface area is 229 Å². The highest BCUT2D eigenvalue weighted by Crippen LogP contribution is 2.39. The first-order valence-electron chi connectivity index (χ1n) is 12.6. The zero-order valence-electron chi connectivity index (χ0n) is 21.4. The number of aromatic nitrogens is 4. The summed E-state index contributed by atoms with van der Waals surface area (Å²) in [5.41, 5.74) is 3.56. The van der Waals surface area contributed by atoms with E-state index in [-0.39, 0.29) is 11.8 Å². The van der Waals surface area contributed by atoms with Gasteiger partial charge in [0.15, 0.2) is 0 Å². The second-order valence-corrected chi connectivity index (χ2v) is 10.1. The highest BCUT2D eigenvalue weighted by atomic mass is 35.5. The number of benzene rings is 2. The monoisotopic (exact) mass is 540 g/mol. The maximum Gasteiger partial charge on any atom is 0.253 e. The van der Waals surface area contributed by atoms with Crippen molar-refractivity contribution < 1.29 is 14.1 Å². The number of rotatable bonds is 7. The Morgan fingerprint density at radius 1 is 1.05 bits per heavy atom. The largest absolute Gasteiger partial charge is 0.350 e. The molecule has 0 aliphatic heterocycles. The molecule has 0 radical (unpaired) electrons. The third-order valence-corrected chi connectivity index (χ3v) is 7.37. The van der Waals surface area contributed by atoms with E-state index in [4.69, 9.17) is 16.1 Å². The zero-order chi connectivity index (χ0) is 27.1. The molecule has 1 fully saturated rings. The molecule has 0 spiro atoms. The van der Waals surface area contributed by atoms with Crippen LogP contribution in [0.1, 0.15) is 40.3 Å². The van der Waals surface area contributed by atoms with Crippen molar-refractivity contribution in [3.05, 3.63) is 94.6 Å². The minimum atomic E-state index is -0.877. The summed E-state index contributed by atoms with van der Waals surface area (Å²) in [5, 5.41) is 11.4. The van der Waals surface area contributed by atoms with Gasteiger partial charge in [-0.05, 0) is 55.7 Å². The Balaban J connectivity index is 1.20. The molecule has 1 aliphatic rings. The van der Waals surface area contributed by atoms with Crippen molar-refractivity contribution in [1.29, 1.82) is 0 Å². The molecule has 2 aromatic carbocycles. The lowest BCUT2D eigenvalue weighted by molar-refractivity contribution is -0.124. The van der Waals surface area contributed by atoms with Crippen LogP contribution in [-0.2, 0) is 11.3 Å². The summed E-state index contributed by atoms with van der Waals surface area (Å²) in [6.07, 6.45) is 2.84. The highest BCUT2D eigenvalue weighted by molar-refractivity contribution is 6.38. The number of amides is 2. The number of aryl methyl sites for hydroxylation is 2. The summed E-state index contributed by atoms with van der Waals surface area (Å²) in [6.45, 7) is 3.83. The standard InChI is InChI=1S/C29H25ClN6O3/c1-17-21(7-5-15-31-17)27(37)34-29(13-14-29)28(38)32-16-19-9-11-20(12-10-19)36-23-8-4-3-6-22(23)24(30)25(36)26-33-18(2)39-35-26/h3-12,15H,13-14,16H2,1-2H3,(H,32,38)(H,34,37). The molecule has 3 heterocycles. The smallest absolute Gasteiger partial charge is 0.253 e. The van der Waals surface area contributed by atoms with Gasteiger partial charge in [-0.25, -0.2) is 0 Å². The van der Waals surface area contributed by atoms with E-state index in [9.17, 15) is 9.59 Å². The fourth-order valence-electron chi connectivity index (χ4n) is 4.72. The van der Waals surface area contributed by atoms with E-state index in [0.29, 0.717) is 53.1 Å². The molecular formula is C29H25ClN6O3. The van der Waals surface area contributed by atoms with E-state index >= 15 is 0 Å². The van der Waals surface area contributed by atoms with Crippen molar-refractivity contribution >= 4 is 34.3 Å². The van der Waals surface area contributed by atoms with Crippen LogP contribution >= 0.6 is 11.6 Å². The number of hydrogen-bond acceptors (Lipinski definition) is 6. The summed E-state index contributed by atoms with van der Waals surface area (Å²) in [7, 11) is 0. The number of carbonyl (C=O) groups is 2. The van der Waals surface area contributed by atoms with E-state index in [1.807, 2.05) is 53.1 Å². The van der Waals surface area contributed by atoms with Gasteiger partial charge in [-0.2, -0.15) is 4.98 Å². The van der Waals surface area contributed by atoms with Crippen LogP contribution < -0.4 is 10.6 Å². The fraction of sp³-hybridized carbons (Fsp3) is 0.207. The normalized spacial score (nSPS) is 13.8. The van der Waals surface area contributed by atoms with E-state index in [0.717, 1.165) is 22.2 Å². The molecule has 9 nitrogen and oxygen atoms in total. The van der Waals surface area contributed by atoms with Gasteiger partial charge < -0.3 is 19.7 Å². The van der Waals surface area contributed by atoms with Crippen LogP contribution in [0.15, 0.2) is 71.4 Å². The van der Waals surface area contributed by atoms with Gasteiger partial charge in [-0.3, -0.25) is 14.6 Å². The van der Waals surface area contributed by atoms with Crippen molar-refractivity contribution in [3.8, 4) is 17.2 Å². The summed E-state index contributed by atoms with van der Waals surface area (Å²) in [4.78, 5) is 34.3. The van der Waals surface area contributed by atoms with E-state index in [1.54, 1.807) is 32.2 Å². The molecule has 196 valence electrons.